The zero-order valence-corrected chi connectivity index (χ0v) is 37.0. The molecule has 4 rings (SSSR count). The van der Waals surface area contributed by atoms with Gasteiger partial charge in [-0.2, -0.15) is 0 Å². The van der Waals surface area contributed by atoms with Crippen LogP contribution in [0, 0.1) is 29.6 Å². The van der Waals surface area contributed by atoms with Crippen molar-refractivity contribution in [2.75, 3.05) is 35.0 Å². The summed E-state index contributed by atoms with van der Waals surface area (Å²) in [7, 11) is 7.82. The minimum atomic E-state index is -2.12. The lowest BCUT2D eigenvalue weighted by Crippen LogP contribution is -2.64. The van der Waals surface area contributed by atoms with Crippen LogP contribution in [0.1, 0.15) is 105 Å². The van der Waals surface area contributed by atoms with Crippen LogP contribution in [-0.4, -0.2) is 134 Å². The van der Waals surface area contributed by atoms with Crippen molar-refractivity contribution in [1.29, 1.82) is 0 Å². The van der Waals surface area contributed by atoms with E-state index in [1.165, 1.54) is 12.0 Å². The fourth-order valence-corrected chi connectivity index (χ4v) is 10.0. The molecule has 3 fully saturated rings. The molecule has 3 N–H and O–H groups in total. The number of methoxy groups -OCH3 is 3. The molecule has 1 aliphatic carbocycles. The van der Waals surface area contributed by atoms with Crippen molar-refractivity contribution in [2.24, 2.45) is 34.7 Å². The van der Waals surface area contributed by atoms with E-state index in [0.29, 0.717) is 69.1 Å². The Labute approximate surface area is 353 Å². The lowest BCUT2D eigenvalue weighted by Gasteiger charge is -2.47. The largest absolute Gasteiger partial charge is 0.456 e. The van der Waals surface area contributed by atoms with E-state index in [0.717, 1.165) is 5.57 Å². The van der Waals surface area contributed by atoms with Crippen LogP contribution in [0.15, 0.2) is 41.1 Å². The van der Waals surface area contributed by atoms with E-state index in [-0.39, 0.29) is 49.3 Å². The Bertz CT molecular complexity index is 1540. The summed E-state index contributed by atoms with van der Waals surface area (Å²) >= 11 is 0. The molecule has 0 aromatic rings. The van der Waals surface area contributed by atoms with Gasteiger partial charge < -0.3 is 44.0 Å². The summed E-state index contributed by atoms with van der Waals surface area (Å²) in [6.45, 7) is 13.8. The number of ketones is 1. The highest BCUT2D eigenvalue weighted by atomic mass is 16.6. The highest BCUT2D eigenvalue weighted by Crippen LogP contribution is 2.42. The standard InChI is InChI=1S/C45H72BN2O11/c1-11-14-32-20-26(2)19-27(3)21-38(56-8)40-39(57-9)23-29(5)45(54,46-40)42(51)43(52)48-18-13-12-15-34(48)44(53)59-41(30(6)36(50)25-33(32)47-58-10)28(4)22-31-16-17-35(49)37(24-31)55-7/h11,20,22,27,29-32,34-41,49-50,54H,1,12-19,21,23-25H2,2-10H3/b26-20+,28-22+,47-33-/t27-,29+,30+,31-,32+,34-,35+,36-,37+,38-,39-,40+,41+,45-/m0/s1. The number of Topliss-reactive ketones (excluding diaryl/α,β-unsaturated/α-hetero) is 1. The van der Waals surface area contributed by atoms with Crippen LogP contribution in [0.5, 0.6) is 0 Å². The van der Waals surface area contributed by atoms with Crippen molar-refractivity contribution < 1.29 is 53.5 Å². The Hall–Kier alpha value is -2.88. The number of amides is 1. The van der Waals surface area contributed by atoms with E-state index in [9.17, 15) is 29.7 Å². The molecule has 1 saturated carbocycles. The van der Waals surface area contributed by atoms with Gasteiger partial charge in [0.1, 0.15) is 24.8 Å². The number of oxime groups is 1. The van der Waals surface area contributed by atoms with Crippen molar-refractivity contribution in [2.45, 2.75) is 159 Å². The normalized spacial score (nSPS) is 40.5. The number of piperidine rings is 1. The van der Waals surface area contributed by atoms with Gasteiger partial charge in [0.15, 0.2) is 7.28 Å². The van der Waals surface area contributed by atoms with Crippen LogP contribution in [0.3, 0.4) is 0 Å². The van der Waals surface area contributed by atoms with Crippen molar-refractivity contribution in [3.8, 4) is 0 Å². The van der Waals surface area contributed by atoms with Crippen LogP contribution < -0.4 is 0 Å². The Morgan fingerprint density at radius 3 is 2.29 bits per heavy atom. The molecule has 2 saturated heterocycles. The summed E-state index contributed by atoms with van der Waals surface area (Å²) in [6, 6.07) is -1.08. The van der Waals surface area contributed by atoms with Gasteiger partial charge in [-0.15, -0.1) is 6.58 Å². The number of carbonyl (C=O) groups excluding carboxylic acids is 3. The number of aliphatic hydroxyl groups is 3. The molecule has 14 atom stereocenters. The van der Waals surface area contributed by atoms with Gasteiger partial charge in [0.2, 0.25) is 5.78 Å². The van der Waals surface area contributed by atoms with Crippen LogP contribution in [0.25, 0.3) is 0 Å². The second-order valence-electron chi connectivity index (χ2n) is 17.9. The van der Waals surface area contributed by atoms with Crippen molar-refractivity contribution in [1.82, 2.24) is 4.90 Å². The van der Waals surface area contributed by atoms with Crippen LogP contribution >= 0.6 is 0 Å². The number of carbonyl (C=O) groups is 3. The zero-order chi connectivity index (χ0) is 43.6. The van der Waals surface area contributed by atoms with Gasteiger partial charge in [0, 0.05) is 46.1 Å². The summed E-state index contributed by atoms with van der Waals surface area (Å²) in [5.41, 5.74) is 0.298. The highest BCUT2D eigenvalue weighted by molar-refractivity contribution is 6.58. The van der Waals surface area contributed by atoms with Crippen molar-refractivity contribution in [3.05, 3.63) is 36.0 Å². The number of allylic oxidation sites excluding steroid dienone is 4. The number of ether oxygens (including phenoxy) is 4. The first kappa shape index (κ1) is 48.8. The molecule has 14 heteroatoms. The van der Waals surface area contributed by atoms with Gasteiger partial charge in [-0.05, 0) is 107 Å². The maximum Gasteiger partial charge on any atom is 0.329 e. The number of hydrogen-bond donors (Lipinski definition) is 3. The molecule has 0 aromatic carbocycles. The maximum absolute atomic E-state index is 14.5. The van der Waals surface area contributed by atoms with Crippen molar-refractivity contribution in [3.63, 3.8) is 0 Å². The van der Waals surface area contributed by atoms with E-state index >= 15 is 0 Å². The Balaban J connectivity index is 1.82. The van der Waals surface area contributed by atoms with Crippen molar-refractivity contribution >= 4 is 30.7 Å². The van der Waals surface area contributed by atoms with E-state index in [1.54, 1.807) is 35.5 Å². The second-order valence-corrected chi connectivity index (χ2v) is 17.9. The van der Waals surface area contributed by atoms with E-state index in [4.69, 9.17) is 23.8 Å². The third-order valence-corrected chi connectivity index (χ3v) is 13.5. The third kappa shape index (κ3) is 11.9. The van der Waals surface area contributed by atoms with Gasteiger partial charge in [-0.3, -0.25) is 9.59 Å². The fraction of sp³-hybridized carbons (Fsp3) is 0.778. The van der Waals surface area contributed by atoms with E-state index in [2.05, 4.69) is 31.7 Å². The molecule has 3 heterocycles. The number of esters is 1. The first-order chi connectivity index (χ1) is 28.0. The Morgan fingerprint density at radius 1 is 0.966 bits per heavy atom. The van der Waals surface area contributed by atoms with Gasteiger partial charge in [-0.25, -0.2) is 4.79 Å². The molecular formula is C45H72BN2O11. The number of cyclic esters (lactones) is 1. The van der Waals surface area contributed by atoms with Gasteiger partial charge >= 0.3 is 5.97 Å². The minimum absolute atomic E-state index is 0.0220. The topological polar surface area (TPSA) is 174 Å². The third-order valence-electron chi connectivity index (χ3n) is 13.5. The first-order valence-corrected chi connectivity index (χ1v) is 21.7. The summed E-state index contributed by atoms with van der Waals surface area (Å²) in [4.78, 5) is 49.8. The lowest BCUT2D eigenvalue weighted by atomic mass is 9.39. The van der Waals surface area contributed by atoms with E-state index < -0.39 is 71.3 Å². The molecular weight excluding hydrogens is 755 g/mol. The fourth-order valence-electron chi connectivity index (χ4n) is 10.0. The molecule has 1 amide bonds. The number of rotatable bonds is 8. The molecule has 0 unspecified atom stereocenters. The maximum atomic E-state index is 14.5. The van der Waals surface area contributed by atoms with Gasteiger partial charge in [-0.1, -0.05) is 49.7 Å². The SMILES string of the molecule is C=CC[C@@H]1/C=C(\C)C[C@H](C)C[C@H](OC)[C@H]2[B][C@@](O)(C(=O)C(=O)N3CCCC[C@H]3C(=O)O[C@H](/C(C)=C/[C@@H]3CC[C@@H](O)[C@H](OC)C3)[C@H](C)[C@@H](O)C/C1=N/OC)[C@H](C)C[C@@H]2OC. The molecule has 0 aromatic heterocycles. The predicted molar refractivity (Wildman–Crippen MR) is 227 cm³/mol. The summed E-state index contributed by atoms with van der Waals surface area (Å²) in [5, 5.41) is 39.2. The zero-order valence-electron chi connectivity index (χ0n) is 37.0. The van der Waals surface area contributed by atoms with Crippen LogP contribution in [0.2, 0.25) is 5.82 Å². The summed E-state index contributed by atoms with van der Waals surface area (Å²) in [6.07, 6.45) is 7.91. The van der Waals surface area contributed by atoms with Gasteiger partial charge in [0.25, 0.3) is 5.91 Å². The van der Waals surface area contributed by atoms with Gasteiger partial charge in [0.05, 0.1) is 36.2 Å². The summed E-state index contributed by atoms with van der Waals surface area (Å²) < 4.78 is 23.9. The highest BCUT2D eigenvalue weighted by Gasteiger charge is 2.55. The molecule has 4 aliphatic rings. The Morgan fingerprint density at radius 2 is 1.64 bits per heavy atom. The monoisotopic (exact) mass is 828 g/mol. The molecule has 13 nitrogen and oxygen atoms in total. The molecule has 59 heavy (non-hydrogen) atoms. The van der Waals surface area contributed by atoms with Crippen LogP contribution in [-0.2, 0) is 38.2 Å². The number of hydrogen-bond acceptors (Lipinski definition) is 12. The van der Waals surface area contributed by atoms with Crippen LogP contribution in [0.4, 0.5) is 0 Å². The molecule has 331 valence electrons. The molecule has 2 bridgehead atoms. The predicted octanol–water partition coefficient (Wildman–Crippen LogP) is 5.18. The quantitative estimate of drug-likeness (QED) is 0.0968. The Kier molecular flexibility index (Phi) is 18.4. The second kappa shape index (κ2) is 22.3. The average molecular weight is 828 g/mol. The van der Waals surface area contributed by atoms with E-state index in [1.807, 2.05) is 26.0 Å². The lowest BCUT2D eigenvalue weighted by molar-refractivity contribution is -0.167. The average Bonchev–Trinajstić information content (AvgIpc) is 3.21. The number of nitrogens with zero attached hydrogens (tertiary/aromatic N) is 2. The molecule has 0 spiro atoms. The smallest absolute Gasteiger partial charge is 0.329 e. The number of aliphatic hydroxyl groups excluding tert-OH is 2. The molecule has 1 radical (unpaired) electrons. The first-order valence-electron chi connectivity index (χ1n) is 21.7. The summed E-state index contributed by atoms with van der Waals surface area (Å²) in [5.74, 6) is -4.51. The molecule has 3 aliphatic heterocycles. The minimum Gasteiger partial charge on any atom is -0.456 e. The number of fused-ring (bicyclic) bond motifs is 3.